The van der Waals surface area contributed by atoms with E-state index in [9.17, 15) is 18.3 Å². The Hall–Kier alpha value is -3.32. The van der Waals surface area contributed by atoms with Crippen LogP contribution in [-0.4, -0.2) is 19.4 Å². The van der Waals surface area contributed by atoms with Crippen molar-refractivity contribution in [3.63, 3.8) is 0 Å². The molecule has 0 atom stereocenters. The van der Waals surface area contributed by atoms with Gasteiger partial charge in [0.05, 0.1) is 11.3 Å². The first-order valence-corrected chi connectivity index (χ1v) is 10.5. The average Bonchev–Trinajstić information content (AvgIpc) is 2.65. The molecule has 3 N–H and O–H groups in total. The fraction of sp³-hybridized carbons (Fsp3) is 0.136. The molecule has 150 valence electrons. The van der Waals surface area contributed by atoms with Crippen LogP contribution in [0.15, 0.2) is 71.6 Å². The van der Waals surface area contributed by atoms with Crippen LogP contribution >= 0.6 is 0 Å². The number of carbonyl (C=O) groups excluding carboxylic acids is 1. The zero-order valence-electron chi connectivity index (χ0n) is 16.1. The van der Waals surface area contributed by atoms with E-state index in [2.05, 4.69) is 10.0 Å². The highest BCUT2D eigenvalue weighted by Gasteiger charge is 2.18. The maximum absolute atomic E-state index is 12.9. The normalized spacial score (nSPS) is 11.1. The molecule has 0 heterocycles. The summed E-state index contributed by atoms with van der Waals surface area (Å²) in [6, 6.07) is 18.4. The van der Waals surface area contributed by atoms with Gasteiger partial charge in [-0.15, -0.1) is 0 Å². The predicted octanol–water partition coefficient (Wildman–Crippen LogP) is 3.99. The number of para-hydroxylation sites is 1. The predicted molar refractivity (Wildman–Crippen MR) is 114 cm³/mol. The van der Waals surface area contributed by atoms with Crippen LogP contribution in [0.2, 0.25) is 0 Å². The molecule has 0 saturated heterocycles. The summed E-state index contributed by atoms with van der Waals surface area (Å²) >= 11 is 0. The Balaban J connectivity index is 1.80. The van der Waals surface area contributed by atoms with Gasteiger partial charge in [-0.25, -0.2) is 8.42 Å². The highest BCUT2D eigenvalue weighted by atomic mass is 32.2. The number of aromatic hydroxyl groups is 1. The Morgan fingerprint density at radius 2 is 1.69 bits per heavy atom. The SMILES string of the molecule is Cc1cccc(NS(=O)(=O)c2cc(NC(=O)Cc3ccccc3O)ccc2C)c1. The minimum absolute atomic E-state index is 0.0236. The zero-order valence-corrected chi connectivity index (χ0v) is 17.0. The van der Waals surface area contributed by atoms with Crippen LogP contribution in [0.3, 0.4) is 0 Å². The molecule has 3 aromatic carbocycles. The number of carbonyl (C=O) groups is 1. The average molecular weight is 410 g/mol. The minimum atomic E-state index is -3.83. The summed E-state index contributed by atoms with van der Waals surface area (Å²) in [5.74, 6) is -0.317. The van der Waals surface area contributed by atoms with E-state index in [0.29, 0.717) is 22.5 Å². The van der Waals surface area contributed by atoms with E-state index in [1.807, 2.05) is 13.0 Å². The van der Waals surface area contributed by atoms with Crippen LogP contribution in [0.25, 0.3) is 0 Å². The van der Waals surface area contributed by atoms with Crippen LogP contribution in [0, 0.1) is 13.8 Å². The van der Waals surface area contributed by atoms with Crippen molar-refractivity contribution in [2.75, 3.05) is 10.0 Å². The topological polar surface area (TPSA) is 95.5 Å². The molecule has 1 amide bonds. The molecular formula is C22H22N2O4S. The van der Waals surface area contributed by atoms with Gasteiger partial charge in [0, 0.05) is 16.9 Å². The van der Waals surface area contributed by atoms with Crippen LogP contribution in [0.5, 0.6) is 5.75 Å². The molecule has 0 saturated carbocycles. The van der Waals surface area contributed by atoms with E-state index in [1.165, 1.54) is 12.1 Å². The van der Waals surface area contributed by atoms with Crippen molar-refractivity contribution in [3.8, 4) is 5.75 Å². The number of nitrogens with one attached hydrogen (secondary N) is 2. The van der Waals surface area contributed by atoms with E-state index in [0.717, 1.165) is 5.56 Å². The third-order valence-corrected chi connectivity index (χ3v) is 5.90. The Kier molecular flexibility index (Phi) is 5.89. The molecule has 0 spiro atoms. The largest absolute Gasteiger partial charge is 0.508 e. The van der Waals surface area contributed by atoms with Gasteiger partial charge in [-0.3, -0.25) is 9.52 Å². The fourth-order valence-electron chi connectivity index (χ4n) is 2.92. The van der Waals surface area contributed by atoms with Crippen molar-refractivity contribution in [2.45, 2.75) is 25.2 Å². The molecule has 0 radical (unpaired) electrons. The highest BCUT2D eigenvalue weighted by molar-refractivity contribution is 7.92. The first kappa shape index (κ1) is 20.4. The summed E-state index contributed by atoms with van der Waals surface area (Å²) in [7, 11) is -3.83. The molecule has 7 heteroatoms. The fourth-order valence-corrected chi connectivity index (χ4v) is 4.25. The Morgan fingerprint density at radius 1 is 0.931 bits per heavy atom. The summed E-state index contributed by atoms with van der Waals surface area (Å²) < 4.78 is 28.3. The zero-order chi connectivity index (χ0) is 21.0. The third kappa shape index (κ3) is 5.14. The summed E-state index contributed by atoms with van der Waals surface area (Å²) in [6.45, 7) is 3.57. The second-order valence-corrected chi connectivity index (χ2v) is 8.46. The third-order valence-electron chi connectivity index (χ3n) is 4.37. The minimum Gasteiger partial charge on any atom is -0.508 e. The number of aryl methyl sites for hydroxylation is 2. The van der Waals surface area contributed by atoms with E-state index >= 15 is 0 Å². The van der Waals surface area contributed by atoms with Gasteiger partial charge in [0.15, 0.2) is 0 Å². The number of anilines is 2. The Bertz CT molecular complexity index is 1160. The van der Waals surface area contributed by atoms with E-state index in [-0.39, 0.29) is 23.0 Å². The maximum Gasteiger partial charge on any atom is 0.262 e. The lowest BCUT2D eigenvalue weighted by Gasteiger charge is -2.13. The number of sulfonamides is 1. The summed E-state index contributed by atoms with van der Waals surface area (Å²) in [6.07, 6.45) is -0.0236. The molecule has 0 aliphatic heterocycles. The van der Waals surface area contributed by atoms with E-state index in [4.69, 9.17) is 0 Å². The van der Waals surface area contributed by atoms with Gasteiger partial charge in [0.25, 0.3) is 10.0 Å². The quantitative estimate of drug-likeness (QED) is 0.573. The molecule has 0 unspecified atom stereocenters. The van der Waals surface area contributed by atoms with Crippen molar-refractivity contribution in [1.29, 1.82) is 0 Å². The molecule has 0 aliphatic carbocycles. The van der Waals surface area contributed by atoms with Crippen LogP contribution < -0.4 is 10.0 Å². The lowest BCUT2D eigenvalue weighted by Crippen LogP contribution is -2.17. The van der Waals surface area contributed by atoms with E-state index in [1.54, 1.807) is 55.5 Å². The van der Waals surface area contributed by atoms with Crippen molar-refractivity contribution in [2.24, 2.45) is 0 Å². The van der Waals surface area contributed by atoms with Gasteiger partial charge in [-0.1, -0.05) is 36.4 Å². The maximum atomic E-state index is 12.9. The van der Waals surface area contributed by atoms with Crippen molar-refractivity contribution >= 4 is 27.3 Å². The van der Waals surface area contributed by atoms with Gasteiger partial charge >= 0.3 is 0 Å². The lowest BCUT2D eigenvalue weighted by atomic mass is 10.1. The monoisotopic (exact) mass is 410 g/mol. The number of amides is 1. The van der Waals surface area contributed by atoms with Gasteiger partial charge in [0.2, 0.25) is 5.91 Å². The van der Waals surface area contributed by atoms with Gasteiger partial charge < -0.3 is 10.4 Å². The molecule has 3 rings (SSSR count). The van der Waals surface area contributed by atoms with Crippen molar-refractivity contribution in [1.82, 2.24) is 0 Å². The van der Waals surface area contributed by atoms with Gasteiger partial charge in [-0.2, -0.15) is 0 Å². The Labute approximate surface area is 170 Å². The number of phenolic OH excluding ortho intramolecular Hbond substituents is 1. The van der Waals surface area contributed by atoms with Crippen LogP contribution in [0.4, 0.5) is 11.4 Å². The highest BCUT2D eigenvalue weighted by Crippen LogP contribution is 2.24. The van der Waals surface area contributed by atoms with Gasteiger partial charge in [-0.05, 0) is 55.3 Å². The molecular weight excluding hydrogens is 388 g/mol. The second-order valence-electron chi connectivity index (χ2n) is 6.81. The summed E-state index contributed by atoms with van der Waals surface area (Å²) in [5, 5.41) is 12.5. The van der Waals surface area contributed by atoms with E-state index < -0.39 is 10.0 Å². The number of hydrogen-bond donors (Lipinski definition) is 3. The molecule has 0 aliphatic rings. The molecule has 0 bridgehead atoms. The number of hydrogen-bond acceptors (Lipinski definition) is 4. The van der Waals surface area contributed by atoms with Crippen molar-refractivity contribution < 1.29 is 18.3 Å². The second kappa shape index (κ2) is 8.36. The number of rotatable bonds is 6. The molecule has 3 aromatic rings. The smallest absolute Gasteiger partial charge is 0.262 e. The molecule has 0 aromatic heterocycles. The van der Waals surface area contributed by atoms with Crippen molar-refractivity contribution in [3.05, 3.63) is 83.4 Å². The summed E-state index contributed by atoms with van der Waals surface area (Å²) in [4.78, 5) is 12.4. The molecule has 0 fully saturated rings. The standard InChI is InChI=1S/C22H22N2O4S/c1-15-6-5-8-19(12-15)24-29(27,28)21-14-18(11-10-16(21)2)23-22(26)13-17-7-3-4-9-20(17)25/h3-12,14,24-25H,13H2,1-2H3,(H,23,26). The summed E-state index contributed by atoms with van der Waals surface area (Å²) in [5.41, 5.74) is 2.82. The molecule has 29 heavy (non-hydrogen) atoms. The number of phenols is 1. The first-order chi connectivity index (χ1) is 13.7. The number of benzene rings is 3. The van der Waals surface area contributed by atoms with Crippen LogP contribution in [-0.2, 0) is 21.2 Å². The van der Waals surface area contributed by atoms with Crippen LogP contribution in [0.1, 0.15) is 16.7 Å². The molecule has 6 nitrogen and oxygen atoms in total. The first-order valence-electron chi connectivity index (χ1n) is 9.01. The van der Waals surface area contributed by atoms with Gasteiger partial charge in [0.1, 0.15) is 5.75 Å². The Morgan fingerprint density at radius 3 is 2.41 bits per heavy atom. The lowest BCUT2D eigenvalue weighted by molar-refractivity contribution is -0.115.